The highest BCUT2D eigenvalue weighted by Gasteiger charge is 2.68. The molecule has 3 atom stereocenters. The van der Waals surface area contributed by atoms with Gasteiger partial charge in [-0.1, -0.05) is 23.9 Å². The minimum Gasteiger partial charge on any atom is -0.508 e. The summed E-state index contributed by atoms with van der Waals surface area (Å²) < 4.78 is 12.4. The first-order chi connectivity index (χ1) is 17.1. The number of tetrazole rings is 1. The van der Waals surface area contributed by atoms with E-state index in [1.807, 2.05) is 0 Å². The number of aliphatic carboxylic acids is 2. The molecule has 2 aliphatic rings. The molecule has 36 heavy (non-hydrogen) atoms. The van der Waals surface area contributed by atoms with Gasteiger partial charge in [0.1, 0.15) is 11.4 Å². The van der Waals surface area contributed by atoms with Gasteiger partial charge in [0.05, 0.1) is 6.61 Å². The van der Waals surface area contributed by atoms with Crippen LogP contribution < -0.4 is 5.32 Å². The predicted octanol–water partition coefficient (Wildman–Crippen LogP) is -1.13. The standard InChI is InChI=1S/C20H20N6O9S/c1-25-19(22-23-24-25)36-8-10-7-35-18-20(34-2,17(33)26(18)13(10)16(31)32)21-14(28)12(15(29)30)9-3-5-11(27)6-4-9/h3-6,12,18,27H,7-8H2,1-2H3,(H,21,28)(H,29,30)(H,31,32)/t12-,18-,20-/m1/s1. The fourth-order valence-electron chi connectivity index (χ4n) is 3.88. The first kappa shape index (κ1) is 25.1. The zero-order chi connectivity index (χ0) is 26.2. The monoisotopic (exact) mass is 520 g/mol. The van der Waals surface area contributed by atoms with Crippen LogP contribution in [-0.4, -0.2) is 95.6 Å². The lowest BCUT2D eigenvalue weighted by atomic mass is 9.92. The molecule has 0 saturated carbocycles. The third kappa shape index (κ3) is 4.14. The van der Waals surface area contributed by atoms with Crippen LogP contribution >= 0.6 is 11.8 Å². The molecule has 4 N–H and O–H groups in total. The van der Waals surface area contributed by atoms with E-state index >= 15 is 0 Å². The summed E-state index contributed by atoms with van der Waals surface area (Å²) in [7, 11) is 2.71. The number of carbonyl (C=O) groups is 4. The molecule has 0 spiro atoms. The maximum Gasteiger partial charge on any atom is 0.352 e. The van der Waals surface area contributed by atoms with Crippen LogP contribution in [0.2, 0.25) is 0 Å². The Morgan fingerprint density at radius 3 is 2.56 bits per heavy atom. The van der Waals surface area contributed by atoms with Crippen molar-refractivity contribution in [3.63, 3.8) is 0 Å². The van der Waals surface area contributed by atoms with Gasteiger partial charge in [-0.2, -0.15) is 0 Å². The summed E-state index contributed by atoms with van der Waals surface area (Å²) in [6, 6.07) is 4.93. The van der Waals surface area contributed by atoms with Gasteiger partial charge < -0.3 is 30.1 Å². The van der Waals surface area contributed by atoms with Crippen molar-refractivity contribution in [2.24, 2.45) is 7.05 Å². The van der Waals surface area contributed by atoms with E-state index in [1.165, 1.54) is 28.9 Å². The Labute approximate surface area is 206 Å². The fourth-order valence-corrected chi connectivity index (χ4v) is 4.72. The third-order valence-corrected chi connectivity index (χ3v) is 6.73. The number of carbonyl (C=O) groups excluding carboxylic acids is 2. The highest BCUT2D eigenvalue weighted by molar-refractivity contribution is 7.99. The Bertz CT molecular complexity index is 1260. The van der Waals surface area contributed by atoms with Crippen LogP contribution in [0.5, 0.6) is 5.75 Å². The van der Waals surface area contributed by atoms with Crippen molar-refractivity contribution < 1.29 is 44.0 Å². The van der Waals surface area contributed by atoms with Crippen molar-refractivity contribution in [2.75, 3.05) is 19.5 Å². The number of methoxy groups -OCH3 is 1. The minimum atomic E-state index is -2.14. The summed E-state index contributed by atoms with van der Waals surface area (Å²) in [6.07, 6.45) is -1.36. The third-order valence-electron chi connectivity index (χ3n) is 5.64. The summed E-state index contributed by atoms with van der Waals surface area (Å²) in [5, 5.41) is 42.6. The number of β-lactam (4-membered cyclic amide) rings is 1. The molecule has 2 aliphatic heterocycles. The number of fused-ring (bicyclic) bond motifs is 1. The number of phenols is 1. The van der Waals surface area contributed by atoms with Crippen LogP contribution in [0.3, 0.4) is 0 Å². The molecule has 190 valence electrons. The van der Waals surface area contributed by atoms with Crippen LogP contribution in [0.4, 0.5) is 0 Å². The Hall–Kier alpha value is -4.02. The van der Waals surface area contributed by atoms with Gasteiger partial charge in [-0.25, -0.2) is 9.48 Å². The van der Waals surface area contributed by atoms with E-state index in [4.69, 9.17) is 9.47 Å². The first-order valence-corrected chi connectivity index (χ1v) is 11.2. The van der Waals surface area contributed by atoms with Crippen molar-refractivity contribution in [1.82, 2.24) is 30.4 Å². The van der Waals surface area contributed by atoms with Gasteiger partial charge in [0.25, 0.3) is 11.6 Å². The Kier molecular flexibility index (Phi) is 6.66. The van der Waals surface area contributed by atoms with Gasteiger partial charge in [0.2, 0.25) is 11.1 Å². The molecule has 1 fully saturated rings. The van der Waals surface area contributed by atoms with Crippen molar-refractivity contribution in [3.8, 4) is 5.75 Å². The van der Waals surface area contributed by atoms with Crippen molar-refractivity contribution in [1.29, 1.82) is 0 Å². The average Bonchev–Trinajstić information content (AvgIpc) is 3.25. The van der Waals surface area contributed by atoms with Gasteiger partial charge in [-0.15, -0.1) is 5.10 Å². The van der Waals surface area contributed by atoms with Crippen molar-refractivity contribution >= 4 is 35.5 Å². The lowest BCUT2D eigenvalue weighted by molar-refractivity contribution is -0.258. The number of hydrogen-bond donors (Lipinski definition) is 4. The molecule has 1 aromatic carbocycles. The molecule has 0 aliphatic carbocycles. The fraction of sp³-hybridized carbons (Fsp3) is 0.350. The largest absolute Gasteiger partial charge is 0.508 e. The number of nitrogens with one attached hydrogen (secondary N) is 1. The van der Waals surface area contributed by atoms with Gasteiger partial charge in [0.15, 0.2) is 12.1 Å². The number of aryl methyl sites for hydroxylation is 1. The zero-order valence-electron chi connectivity index (χ0n) is 18.8. The highest BCUT2D eigenvalue weighted by atomic mass is 32.2. The molecule has 0 radical (unpaired) electrons. The summed E-state index contributed by atoms with van der Waals surface area (Å²) >= 11 is 1.14. The van der Waals surface area contributed by atoms with Gasteiger partial charge in [0, 0.05) is 19.9 Å². The zero-order valence-corrected chi connectivity index (χ0v) is 19.6. The number of aromatic nitrogens is 4. The number of benzene rings is 1. The quantitative estimate of drug-likeness (QED) is 0.134. The second kappa shape index (κ2) is 9.56. The van der Waals surface area contributed by atoms with Crippen LogP contribution in [0, 0.1) is 0 Å². The molecule has 2 aromatic rings. The number of aromatic hydroxyl groups is 1. The van der Waals surface area contributed by atoms with Crippen LogP contribution in [0.1, 0.15) is 11.5 Å². The number of ether oxygens (including phenoxy) is 2. The predicted molar refractivity (Wildman–Crippen MR) is 117 cm³/mol. The lowest BCUT2D eigenvalue weighted by Gasteiger charge is -2.55. The number of hydrogen-bond acceptors (Lipinski definition) is 11. The topological polar surface area (TPSA) is 206 Å². The average molecular weight is 520 g/mol. The molecule has 2 amide bonds. The number of thioether (sulfide) groups is 1. The van der Waals surface area contributed by atoms with E-state index < -0.39 is 41.6 Å². The molecule has 1 saturated heterocycles. The molecule has 15 nitrogen and oxygen atoms in total. The Morgan fingerprint density at radius 1 is 1.31 bits per heavy atom. The van der Waals surface area contributed by atoms with E-state index in [0.29, 0.717) is 5.16 Å². The summed E-state index contributed by atoms with van der Waals surface area (Å²) in [5.41, 5.74) is -2.17. The molecule has 0 bridgehead atoms. The van der Waals surface area contributed by atoms with Crippen LogP contribution in [0.25, 0.3) is 0 Å². The summed E-state index contributed by atoms with van der Waals surface area (Å²) in [5.74, 6) is -6.73. The number of phenolic OH excluding ortho intramolecular Hbond substituents is 1. The first-order valence-electron chi connectivity index (χ1n) is 10.2. The lowest BCUT2D eigenvalue weighted by Crippen LogP contribution is -2.82. The van der Waals surface area contributed by atoms with Crippen LogP contribution in [0.15, 0.2) is 40.7 Å². The molecular formula is C20H20N6O9S. The van der Waals surface area contributed by atoms with Crippen molar-refractivity contribution in [3.05, 3.63) is 41.1 Å². The van der Waals surface area contributed by atoms with Crippen molar-refractivity contribution in [2.45, 2.75) is 23.0 Å². The van der Waals surface area contributed by atoms with Gasteiger partial charge in [-0.3, -0.25) is 19.3 Å². The molecule has 4 rings (SSSR count). The smallest absolute Gasteiger partial charge is 0.352 e. The molecule has 1 aromatic heterocycles. The second-order valence-corrected chi connectivity index (χ2v) is 8.70. The minimum absolute atomic E-state index is 0.0425. The molecule has 0 unspecified atom stereocenters. The van der Waals surface area contributed by atoms with Gasteiger partial charge >= 0.3 is 11.9 Å². The Balaban J connectivity index is 1.58. The van der Waals surface area contributed by atoms with E-state index in [-0.39, 0.29) is 34.9 Å². The Morgan fingerprint density at radius 2 is 2.00 bits per heavy atom. The van der Waals surface area contributed by atoms with E-state index in [9.17, 15) is 34.5 Å². The molecular weight excluding hydrogens is 500 g/mol. The normalized spacial score (nSPS) is 22.0. The number of rotatable bonds is 9. The summed E-state index contributed by atoms with van der Waals surface area (Å²) in [4.78, 5) is 51.0. The second-order valence-electron chi connectivity index (χ2n) is 7.76. The van der Waals surface area contributed by atoms with Crippen LogP contribution in [-0.2, 0) is 35.7 Å². The number of nitrogens with zero attached hydrogens (tertiary/aromatic N) is 5. The van der Waals surface area contributed by atoms with Gasteiger partial charge in [-0.05, 0) is 33.7 Å². The highest BCUT2D eigenvalue weighted by Crippen LogP contribution is 2.41. The SMILES string of the molecule is CO[C@]1(NC(=O)[C@H](C(=O)O)c2ccc(O)cc2)C(=O)N2C(C(=O)O)=C(CSc3nnnn3C)CO[C@@H]21. The van der Waals surface area contributed by atoms with E-state index in [0.717, 1.165) is 23.8 Å². The maximum atomic E-state index is 13.2. The number of amides is 2. The van der Waals surface area contributed by atoms with E-state index in [1.54, 1.807) is 7.05 Å². The summed E-state index contributed by atoms with van der Waals surface area (Å²) in [6.45, 7) is -0.213. The maximum absolute atomic E-state index is 13.2. The molecule has 16 heteroatoms. The molecule has 3 heterocycles. The number of carboxylic acid groups (broad SMARTS) is 2. The van der Waals surface area contributed by atoms with E-state index in [2.05, 4.69) is 20.8 Å². The number of carboxylic acids is 2.